The van der Waals surface area contributed by atoms with Crippen LogP contribution in [0, 0.1) is 5.82 Å². The molecule has 0 spiro atoms. The van der Waals surface area contributed by atoms with Gasteiger partial charge in [0.25, 0.3) is 0 Å². The highest BCUT2D eigenvalue weighted by Crippen LogP contribution is 2.21. The fraction of sp³-hybridized carbons (Fsp3) is 0.300. The number of halogens is 1. The van der Waals surface area contributed by atoms with Gasteiger partial charge in [0.15, 0.2) is 0 Å². The third-order valence-corrected chi connectivity index (χ3v) is 5.30. The topological polar surface area (TPSA) is 61.4 Å². The number of amides is 2. The van der Waals surface area contributed by atoms with Crippen molar-refractivity contribution in [2.24, 2.45) is 0 Å². The van der Waals surface area contributed by atoms with Crippen molar-refractivity contribution >= 4 is 29.3 Å². The molecule has 7 heteroatoms. The van der Waals surface area contributed by atoms with E-state index in [1.807, 2.05) is 29.2 Å². The predicted octanol–water partition coefficient (Wildman–Crippen LogP) is 2.56. The number of anilines is 1. The molecule has 0 saturated carbocycles. The Morgan fingerprint density at radius 2 is 1.96 bits per heavy atom. The maximum atomic E-state index is 13.5. The van der Waals surface area contributed by atoms with Gasteiger partial charge in [0.2, 0.25) is 11.8 Å². The highest BCUT2D eigenvalue weighted by atomic mass is 32.2. The molecule has 5 nitrogen and oxygen atoms in total. The van der Waals surface area contributed by atoms with Crippen molar-refractivity contribution in [1.82, 2.24) is 10.6 Å². The summed E-state index contributed by atoms with van der Waals surface area (Å²) >= 11 is 1.34. The van der Waals surface area contributed by atoms with Crippen LogP contribution in [0.3, 0.4) is 0 Å². The van der Waals surface area contributed by atoms with Crippen LogP contribution in [-0.2, 0) is 16.1 Å². The molecule has 0 aliphatic carbocycles. The van der Waals surface area contributed by atoms with Gasteiger partial charge in [-0.25, -0.2) is 4.39 Å². The van der Waals surface area contributed by atoms with Gasteiger partial charge in [-0.2, -0.15) is 0 Å². The van der Waals surface area contributed by atoms with Crippen molar-refractivity contribution in [2.45, 2.75) is 17.9 Å². The van der Waals surface area contributed by atoms with Crippen LogP contribution in [0.2, 0.25) is 0 Å². The lowest BCUT2D eigenvalue weighted by atomic mass is 10.2. The summed E-state index contributed by atoms with van der Waals surface area (Å²) in [7, 11) is 0. The molecule has 2 N–H and O–H groups in total. The molecular weight excluding hydrogens is 365 g/mol. The van der Waals surface area contributed by atoms with Crippen molar-refractivity contribution in [1.29, 1.82) is 0 Å². The molecule has 3 rings (SSSR count). The van der Waals surface area contributed by atoms with Crippen LogP contribution in [0.25, 0.3) is 0 Å². The van der Waals surface area contributed by atoms with E-state index in [2.05, 4.69) is 10.6 Å². The zero-order valence-corrected chi connectivity index (χ0v) is 15.7. The molecule has 0 aromatic heterocycles. The van der Waals surface area contributed by atoms with Gasteiger partial charge in [-0.05, 0) is 29.8 Å². The van der Waals surface area contributed by atoms with Crippen LogP contribution < -0.4 is 15.5 Å². The first-order chi connectivity index (χ1) is 13.1. The summed E-state index contributed by atoms with van der Waals surface area (Å²) in [6, 6.07) is 14.4. The van der Waals surface area contributed by atoms with Crippen molar-refractivity contribution in [3.05, 3.63) is 59.9 Å². The van der Waals surface area contributed by atoms with Gasteiger partial charge in [-0.3, -0.25) is 9.59 Å². The summed E-state index contributed by atoms with van der Waals surface area (Å²) in [6.45, 7) is 2.27. The normalized spacial score (nSPS) is 14.0. The summed E-state index contributed by atoms with van der Waals surface area (Å²) < 4.78 is 13.5. The van der Waals surface area contributed by atoms with E-state index < -0.39 is 0 Å². The number of benzene rings is 2. The smallest absolute Gasteiger partial charge is 0.239 e. The molecule has 0 bridgehead atoms. The Balaban J connectivity index is 1.41. The first kappa shape index (κ1) is 19.2. The molecule has 142 valence electrons. The standard InChI is InChI=1S/C20H22FN3O2S/c21-17-3-1-2-4-18(17)27-12-9-19(25)23-13-15-5-7-16(8-6-15)24-11-10-22-20(26)14-24/h1-8H,9-14H2,(H,22,26)(H,23,25). The molecule has 0 radical (unpaired) electrons. The second-order valence-electron chi connectivity index (χ2n) is 6.24. The number of carbonyl (C=O) groups excluding carboxylic acids is 2. The second kappa shape index (κ2) is 9.41. The summed E-state index contributed by atoms with van der Waals surface area (Å²) in [5.74, 6) is 0.249. The van der Waals surface area contributed by atoms with Crippen LogP contribution >= 0.6 is 11.8 Å². The number of hydrogen-bond acceptors (Lipinski definition) is 4. The SMILES string of the molecule is O=C(CCSc1ccccc1F)NCc1ccc(N2CCNC(=O)C2)cc1. The van der Waals surface area contributed by atoms with E-state index in [4.69, 9.17) is 0 Å². The van der Waals surface area contributed by atoms with Gasteiger partial charge >= 0.3 is 0 Å². The number of thioether (sulfide) groups is 1. The van der Waals surface area contributed by atoms with Crippen molar-refractivity contribution in [3.8, 4) is 0 Å². The lowest BCUT2D eigenvalue weighted by molar-refractivity contribution is -0.121. The molecule has 27 heavy (non-hydrogen) atoms. The maximum absolute atomic E-state index is 13.5. The van der Waals surface area contributed by atoms with Crippen LogP contribution in [0.5, 0.6) is 0 Å². The van der Waals surface area contributed by atoms with Crippen LogP contribution in [0.1, 0.15) is 12.0 Å². The van der Waals surface area contributed by atoms with Gasteiger partial charge < -0.3 is 15.5 Å². The largest absolute Gasteiger partial charge is 0.360 e. The highest BCUT2D eigenvalue weighted by Gasteiger charge is 2.16. The lowest BCUT2D eigenvalue weighted by Crippen LogP contribution is -2.47. The lowest BCUT2D eigenvalue weighted by Gasteiger charge is -2.28. The van der Waals surface area contributed by atoms with Crippen molar-refractivity contribution in [3.63, 3.8) is 0 Å². The molecule has 1 saturated heterocycles. The Labute approximate surface area is 162 Å². The highest BCUT2D eigenvalue weighted by molar-refractivity contribution is 7.99. The monoisotopic (exact) mass is 387 g/mol. The van der Waals surface area contributed by atoms with Crippen molar-refractivity contribution in [2.75, 3.05) is 30.3 Å². The van der Waals surface area contributed by atoms with Crippen LogP contribution in [0.15, 0.2) is 53.4 Å². The minimum Gasteiger partial charge on any atom is -0.360 e. The third-order valence-electron chi connectivity index (χ3n) is 4.25. The molecule has 2 amide bonds. The zero-order chi connectivity index (χ0) is 19.1. The second-order valence-corrected chi connectivity index (χ2v) is 7.38. The van der Waals surface area contributed by atoms with E-state index >= 15 is 0 Å². The first-order valence-corrected chi connectivity index (χ1v) is 9.85. The Hall–Kier alpha value is -2.54. The van der Waals surface area contributed by atoms with E-state index in [-0.39, 0.29) is 17.6 Å². The Morgan fingerprint density at radius 1 is 1.19 bits per heavy atom. The van der Waals surface area contributed by atoms with Gasteiger partial charge in [-0.1, -0.05) is 24.3 Å². The van der Waals surface area contributed by atoms with Gasteiger partial charge in [0.1, 0.15) is 5.82 Å². The quantitative estimate of drug-likeness (QED) is 0.717. The minimum atomic E-state index is -0.255. The molecule has 1 aliphatic rings. The molecule has 0 atom stereocenters. The molecular formula is C20H22FN3O2S. The maximum Gasteiger partial charge on any atom is 0.239 e. The number of carbonyl (C=O) groups is 2. The average Bonchev–Trinajstić information content (AvgIpc) is 2.68. The first-order valence-electron chi connectivity index (χ1n) is 8.86. The van der Waals surface area contributed by atoms with Crippen LogP contribution in [-0.4, -0.2) is 37.2 Å². The molecule has 1 fully saturated rings. The number of piperazine rings is 1. The van der Waals surface area contributed by atoms with E-state index in [0.717, 1.165) is 17.8 Å². The molecule has 1 heterocycles. The number of nitrogens with one attached hydrogen (secondary N) is 2. The van der Waals surface area contributed by atoms with Crippen molar-refractivity contribution < 1.29 is 14.0 Å². The molecule has 2 aromatic carbocycles. The van der Waals surface area contributed by atoms with E-state index in [9.17, 15) is 14.0 Å². The minimum absolute atomic E-state index is 0.0332. The van der Waals surface area contributed by atoms with E-state index in [0.29, 0.717) is 36.7 Å². The number of nitrogens with zero attached hydrogens (tertiary/aromatic N) is 1. The Kier molecular flexibility index (Phi) is 6.70. The molecule has 1 aliphatic heterocycles. The number of hydrogen-bond donors (Lipinski definition) is 2. The summed E-state index contributed by atoms with van der Waals surface area (Å²) in [5.41, 5.74) is 2.00. The van der Waals surface area contributed by atoms with Crippen LogP contribution in [0.4, 0.5) is 10.1 Å². The predicted molar refractivity (Wildman–Crippen MR) is 105 cm³/mol. The fourth-order valence-electron chi connectivity index (χ4n) is 2.79. The van der Waals surface area contributed by atoms with Gasteiger partial charge in [-0.15, -0.1) is 11.8 Å². The third kappa shape index (κ3) is 5.72. The van der Waals surface area contributed by atoms with E-state index in [1.54, 1.807) is 18.2 Å². The average molecular weight is 387 g/mol. The number of rotatable bonds is 7. The Bertz CT molecular complexity index is 798. The summed E-state index contributed by atoms with van der Waals surface area (Å²) in [6.07, 6.45) is 0.333. The van der Waals surface area contributed by atoms with Gasteiger partial charge in [0.05, 0.1) is 6.54 Å². The fourth-order valence-corrected chi connectivity index (χ4v) is 3.68. The molecule has 2 aromatic rings. The Morgan fingerprint density at radius 3 is 2.70 bits per heavy atom. The van der Waals surface area contributed by atoms with Gasteiger partial charge in [0, 0.05) is 42.4 Å². The summed E-state index contributed by atoms with van der Waals surface area (Å²) in [5, 5.41) is 5.69. The zero-order valence-electron chi connectivity index (χ0n) is 14.9. The molecule has 0 unspecified atom stereocenters. The van der Waals surface area contributed by atoms with E-state index in [1.165, 1.54) is 17.8 Å². The summed E-state index contributed by atoms with van der Waals surface area (Å²) in [4.78, 5) is 26.0.